The van der Waals surface area contributed by atoms with Crippen LogP contribution < -0.4 is 20.3 Å². The molecule has 0 aliphatic carbocycles. The Morgan fingerprint density at radius 3 is 2.52 bits per heavy atom. The van der Waals surface area contributed by atoms with Gasteiger partial charge in [0.1, 0.15) is 11.8 Å². The molecule has 0 saturated carbocycles. The van der Waals surface area contributed by atoms with Crippen LogP contribution in [0.15, 0.2) is 42.5 Å². The molecule has 0 saturated heterocycles. The number of nitro groups is 1. The maximum absolute atomic E-state index is 10.9. The molecule has 0 spiro atoms. The Morgan fingerprint density at radius 1 is 1.30 bits per heavy atom. The molecule has 144 valence electrons. The van der Waals surface area contributed by atoms with Crippen LogP contribution in [0.3, 0.4) is 0 Å². The van der Waals surface area contributed by atoms with Gasteiger partial charge in [-0.2, -0.15) is 0 Å². The van der Waals surface area contributed by atoms with Crippen LogP contribution in [0.1, 0.15) is 11.6 Å². The van der Waals surface area contributed by atoms with Gasteiger partial charge in [0.05, 0.1) is 43.4 Å². The van der Waals surface area contributed by atoms with Crippen molar-refractivity contribution in [2.75, 3.05) is 33.1 Å². The fraction of sp³-hybridized carbons (Fsp3) is 0.278. The lowest BCUT2D eigenvalue weighted by Crippen LogP contribution is -3.07. The molecular formula is C18H22ClN4O3S+. The smallest absolute Gasteiger partial charge is 0.271 e. The van der Waals surface area contributed by atoms with Crippen molar-refractivity contribution in [2.24, 2.45) is 0 Å². The van der Waals surface area contributed by atoms with Crippen molar-refractivity contribution < 1.29 is 14.6 Å². The van der Waals surface area contributed by atoms with E-state index in [0.717, 1.165) is 11.3 Å². The largest absolute Gasteiger partial charge is 0.497 e. The van der Waals surface area contributed by atoms with Crippen LogP contribution in [0.5, 0.6) is 5.75 Å². The number of hydrogen-bond donors (Lipinski definition) is 3. The van der Waals surface area contributed by atoms with Gasteiger partial charge in [-0.25, -0.2) is 0 Å². The first kappa shape index (κ1) is 20.9. The molecule has 0 unspecified atom stereocenters. The molecule has 3 N–H and O–H groups in total. The number of methoxy groups -OCH3 is 1. The predicted molar refractivity (Wildman–Crippen MR) is 111 cm³/mol. The molecule has 7 nitrogen and oxygen atoms in total. The molecule has 0 heterocycles. The fourth-order valence-electron chi connectivity index (χ4n) is 2.58. The minimum Gasteiger partial charge on any atom is -0.497 e. The highest BCUT2D eigenvalue weighted by atomic mass is 35.5. The summed E-state index contributed by atoms with van der Waals surface area (Å²) < 4.78 is 5.20. The van der Waals surface area contributed by atoms with Gasteiger partial charge in [-0.3, -0.25) is 10.1 Å². The average molecular weight is 410 g/mol. The third kappa shape index (κ3) is 5.78. The van der Waals surface area contributed by atoms with E-state index in [1.54, 1.807) is 7.11 Å². The van der Waals surface area contributed by atoms with Crippen molar-refractivity contribution >= 4 is 40.3 Å². The number of likely N-dealkylation sites (N-methyl/N-ethyl adjacent to an activating group) is 1. The summed E-state index contributed by atoms with van der Waals surface area (Å²) >= 11 is 11.4. The minimum absolute atomic E-state index is 0.0569. The van der Waals surface area contributed by atoms with E-state index in [-0.39, 0.29) is 11.7 Å². The quantitative estimate of drug-likeness (QED) is 0.370. The molecule has 27 heavy (non-hydrogen) atoms. The maximum atomic E-state index is 10.9. The lowest BCUT2D eigenvalue weighted by Gasteiger charge is -2.23. The number of non-ortho nitro benzene ring substituents is 1. The summed E-state index contributed by atoms with van der Waals surface area (Å²) in [5, 5.41) is 17.7. The van der Waals surface area contributed by atoms with Crippen LogP contribution in [0.4, 0.5) is 11.4 Å². The van der Waals surface area contributed by atoms with Crippen LogP contribution in [0.2, 0.25) is 5.02 Å². The van der Waals surface area contributed by atoms with E-state index in [9.17, 15) is 10.1 Å². The molecular weight excluding hydrogens is 388 g/mol. The van der Waals surface area contributed by atoms with Crippen molar-refractivity contribution in [3.8, 4) is 5.75 Å². The number of hydrogen-bond acceptors (Lipinski definition) is 4. The molecule has 0 amide bonds. The molecule has 9 heteroatoms. The minimum atomic E-state index is -0.479. The van der Waals surface area contributed by atoms with Gasteiger partial charge in [-0.1, -0.05) is 11.6 Å². The number of quaternary nitrogens is 1. The molecule has 0 aromatic heterocycles. The maximum Gasteiger partial charge on any atom is 0.271 e. The van der Waals surface area contributed by atoms with Crippen LogP contribution in [0, 0.1) is 10.1 Å². The average Bonchev–Trinajstić information content (AvgIpc) is 2.63. The molecule has 0 fully saturated rings. The van der Waals surface area contributed by atoms with Crippen molar-refractivity contribution in [1.82, 2.24) is 5.32 Å². The number of benzene rings is 2. The summed E-state index contributed by atoms with van der Waals surface area (Å²) in [6, 6.07) is 12.2. The van der Waals surface area contributed by atoms with Crippen LogP contribution in [0.25, 0.3) is 0 Å². The number of nitrogens with one attached hydrogen (secondary N) is 3. The summed E-state index contributed by atoms with van der Waals surface area (Å²) in [4.78, 5) is 11.7. The molecule has 2 rings (SSSR count). The lowest BCUT2D eigenvalue weighted by atomic mass is 10.1. The molecule has 0 aliphatic heterocycles. The standard InChI is InChI=1S/C18H21ClN4O3S/c1-22(2)17(12-4-7-14(26-3)8-5-12)11-20-18(27)21-16-10-13(23(24)25)6-9-15(16)19/h4-10,17H,11H2,1-3H3,(H2,20,21,27)/p+1/t17-/m0/s1. The van der Waals surface area contributed by atoms with Crippen molar-refractivity contribution in [3.63, 3.8) is 0 Å². The van der Waals surface area contributed by atoms with E-state index in [0.29, 0.717) is 22.4 Å². The van der Waals surface area contributed by atoms with Crippen molar-refractivity contribution in [3.05, 3.63) is 63.2 Å². The SMILES string of the molecule is COc1ccc([C@H](CNC(=S)Nc2cc([N+](=O)[O-])ccc2Cl)[NH+](C)C)cc1. The zero-order valence-corrected chi connectivity index (χ0v) is 16.9. The zero-order chi connectivity index (χ0) is 20.0. The van der Waals surface area contributed by atoms with Gasteiger partial charge in [-0.15, -0.1) is 0 Å². The second-order valence-electron chi connectivity index (χ2n) is 6.16. The van der Waals surface area contributed by atoms with E-state index in [2.05, 4.69) is 24.7 Å². The van der Waals surface area contributed by atoms with Gasteiger partial charge in [0.25, 0.3) is 5.69 Å². The highest BCUT2D eigenvalue weighted by molar-refractivity contribution is 7.80. The Balaban J connectivity index is 2.03. The van der Waals surface area contributed by atoms with Gasteiger partial charge in [-0.05, 0) is 42.5 Å². The Kier molecular flexibility index (Phi) is 7.35. The molecule has 2 aromatic rings. The van der Waals surface area contributed by atoms with Gasteiger partial charge in [0.15, 0.2) is 5.11 Å². The lowest BCUT2D eigenvalue weighted by molar-refractivity contribution is -0.890. The Labute approximate surface area is 168 Å². The summed E-state index contributed by atoms with van der Waals surface area (Å²) in [6.07, 6.45) is 0. The van der Waals surface area contributed by atoms with Crippen molar-refractivity contribution in [2.45, 2.75) is 6.04 Å². The van der Waals surface area contributed by atoms with E-state index in [4.69, 9.17) is 28.6 Å². The summed E-state index contributed by atoms with van der Waals surface area (Å²) in [5.41, 5.74) is 1.47. The van der Waals surface area contributed by atoms with Crippen LogP contribution >= 0.6 is 23.8 Å². The Hall–Kier alpha value is -2.42. The molecule has 2 aromatic carbocycles. The molecule has 0 radical (unpaired) electrons. The number of nitrogens with zero attached hydrogens (tertiary/aromatic N) is 1. The summed E-state index contributed by atoms with van der Waals surface area (Å²) in [5.74, 6) is 0.803. The second kappa shape index (κ2) is 9.50. The van der Waals surface area contributed by atoms with E-state index in [1.807, 2.05) is 24.3 Å². The van der Waals surface area contributed by atoms with E-state index < -0.39 is 4.92 Å². The Bertz CT molecular complexity index is 815. The van der Waals surface area contributed by atoms with Gasteiger partial charge >= 0.3 is 0 Å². The number of anilines is 1. The summed E-state index contributed by atoms with van der Waals surface area (Å²) in [6.45, 7) is 0.576. The zero-order valence-electron chi connectivity index (χ0n) is 15.3. The third-order valence-corrected chi connectivity index (χ3v) is 4.67. The van der Waals surface area contributed by atoms with E-state index >= 15 is 0 Å². The number of thiocarbonyl (C=S) groups is 1. The first-order chi connectivity index (χ1) is 12.8. The number of ether oxygens (including phenoxy) is 1. The van der Waals surface area contributed by atoms with Crippen LogP contribution in [-0.2, 0) is 0 Å². The second-order valence-corrected chi connectivity index (χ2v) is 6.97. The van der Waals surface area contributed by atoms with Gasteiger partial charge < -0.3 is 20.3 Å². The van der Waals surface area contributed by atoms with Crippen LogP contribution in [-0.4, -0.2) is 37.8 Å². The molecule has 0 aliphatic rings. The van der Waals surface area contributed by atoms with Gasteiger partial charge in [0.2, 0.25) is 0 Å². The van der Waals surface area contributed by atoms with Gasteiger partial charge in [0, 0.05) is 17.7 Å². The van der Waals surface area contributed by atoms with E-state index in [1.165, 1.54) is 23.1 Å². The third-order valence-electron chi connectivity index (χ3n) is 4.09. The topological polar surface area (TPSA) is 80.9 Å². The molecule has 0 bridgehead atoms. The predicted octanol–water partition coefficient (Wildman–Crippen LogP) is 2.43. The van der Waals surface area contributed by atoms with Crippen molar-refractivity contribution in [1.29, 1.82) is 0 Å². The first-order valence-corrected chi connectivity index (χ1v) is 9.03. The summed E-state index contributed by atoms with van der Waals surface area (Å²) in [7, 11) is 5.75. The number of rotatable bonds is 7. The Morgan fingerprint density at radius 2 is 1.96 bits per heavy atom. The fourth-order valence-corrected chi connectivity index (χ4v) is 2.93. The highest BCUT2D eigenvalue weighted by Crippen LogP contribution is 2.26. The highest BCUT2D eigenvalue weighted by Gasteiger charge is 2.18. The molecule has 1 atom stereocenters. The monoisotopic (exact) mass is 409 g/mol. The normalized spacial score (nSPS) is 11.7. The first-order valence-electron chi connectivity index (χ1n) is 8.24. The number of nitro benzene ring substituents is 1. The number of halogens is 1.